The topological polar surface area (TPSA) is 64.7 Å². The third kappa shape index (κ3) is 1.04. The second kappa shape index (κ2) is 2.64. The van der Waals surface area contributed by atoms with Crippen molar-refractivity contribution in [1.82, 2.24) is 0 Å². The maximum Gasteiger partial charge on any atom is 0.332 e. The van der Waals surface area contributed by atoms with Gasteiger partial charge in [0.2, 0.25) is 0 Å². The molecule has 0 aromatic carbocycles. The van der Waals surface area contributed by atoms with Crippen LogP contribution in [0.5, 0.6) is 0 Å². The summed E-state index contributed by atoms with van der Waals surface area (Å²) in [7, 11) is 0. The fraction of sp³-hybridized carbons (Fsp3) is 0.500. The molecule has 0 aromatic heterocycles. The van der Waals surface area contributed by atoms with Crippen LogP contribution in [-0.4, -0.2) is 27.9 Å². The number of hydrogen-bond acceptors (Lipinski definition) is 4. The molecule has 1 unspecified atom stereocenters. The molecule has 4 nitrogen and oxygen atoms in total. The number of thioether (sulfide) groups is 1. The van der Waals surface area contributed by atoms with Crippen molar-refractivity contribution in [3.63, 3.8) is 0 Å². The van der Waals surface area contributed by atoms with Crippen molar-refractivity contribution in [2.24, 2.45) is 0 Å². The molecule has 1 aliphatic heterocycles. The number of quaternary nitrogens is 1. The van der Waals surface area contributed by atoms with Crippen LogP contribution in [0.15, 0.2) is 0 Å². The largest absolute Gasteiger partial charge is 0.332 e. The van der Waals surface area contributed by atoms with Crippen molar-refractivity contribution < 1.29 is 9.28 Å². The number of carbonyl (C=O) groups excluding carboxylic acids is 1. The van der Waals surface area contributed by atoms with E-state index in [4.69, 9.17) is 10.7 Å². The fourth-order valence-corrected chi connectivity index (χ4v) is 2.00. The fourth-order valence-electron chi connectivity index (χ4n) is 0.957. The molecule has 1 saturated heterocycles. The lowest BCUT2D eigenvalue weighted by molar-refractivity contribution is -0.681. The molecule has 0 spiro atoms. The van der Waals surface area contributed by atoms with Crippen LogP contribution in [0, 0.1) is 16.9 Å². The van der Waals surface area contributed by atoms with E-state index in [0.717, 1.165) is 0 Å². The Morgan fingerprint density at radius 1 is 1.91 bits per heavy atom. The average Bonchev–Trinajstić information content (AvgIpc) is 2.32. The van der Waals surface area contributed by atoms with Crippen molar-refractivity contribution in [2.45, 2.75) is 6.92 Å². The van der Waals surface area contributed by atoms with Crippen LogP contribution in [0.1, 0.15) is 6.92 Å². The predicted molar refractivity (Wildman–Crippen MR) is 41.6 cm³/mol. The van der Waals surface area contributed by atoms with Gasteiger partial charge in [-0.05, 0) is 11.8 Å². The normalized spacial score (nSPS) is 30.0. The first-order chi connectivity index (χ1) is 5.13. The summed E-state index contributed by atoms with van der Waals surface area (Å²) in [5, 5.41) is 16.2. The monoisotopic (exact) mass is 170 g/mol. The molecule has 1 aliphatic rings. The summed E-state index contributed by atoms with van der Waals surface area (Å²) in [5.41, 5.74) is 0. The Kier molecular flexibility index (Phi) is 1.98. The Morgan fingerprint density at radius 2 is 2.55 bits per heavy atom. The molecule has 1 rings (SSSR count). The summed E-state index contributed by atoms with van der Waals surface area (Å²) < 4.78 is -0.426. The second-order valence-corrected chi connectivity index (χ2v) is 3.39. The van der Waals surface area contributed by atoms with Crippen LogP contribution >= 0.6 is 11.8 Å². The lowest BCUT2D eigenvalue weighted by atomic mass is 10.4. The molecule has 1 fully saturated rings. The summed E-state index contributed by atoms with van der Waals surface area (Å²) in [6, 6.07) is 0. The lowest BCUT2D eigenvalue weighted by Gasteiger charge is -2.15. The van der Waals surface area contributed by atoms with Gasteiger partial charge in [-0.2, -0.15) is 0 Å². The summed E-state index contributed by atoms with van der Waals surface area (Å²) in [6.07, 6.45) is 1.87. The van der Waals surface area contributed by atoms with Gasteiger partial charge < -0.3 is 0 Å². The molecular formula is C6H8N3OS+. The average molecular weight is 170 g/mol. The highest BCUT2D eigenvalue weighted by Crippen LogP contribution is 2.24. The highest BCUT2D eigenvalue weighted by molar-refractivity contribution is 8.13. The first-order valence-corrected chi connectivity index (χ1v) is 4.14. The molecule has 5 heteroatoms. The molecule has 1 atom stereocenters. The standard InChI is InChI=1S/C6H8N3OS/c1-5(10)9(4-7)2-3-11-6(9)8/h8H,2-3H2,1H3/q+1. The quantitative estimate of drug-likeness (QED) is 0.425. The van der Waals surface area contributed by atoms with Gasteiger partial charge in [0.1, 0.15) is 6.54 Å². The van der Waals surface area contributed by atoms with Gasteiger partial charge in [-0.15, -0.1) is 9.74 Å². The highest BCUT2D eigenvalue weighted by Gasteiger charge is 2.45. The number of hydrogen-bond donors (Lipinski definition) is 1. The van der Waals surface area contributed by atoms with Crippen molar-refractivity contribution in [3.05, 3.63) is 0 Å². The minimum Gasteiger partial charge on any atom is -0.243 e. The van der Waals surface area contributed by atoms with Crippen molar-refractivity contribution in [2.75, 3.05) is 12.3 Å². The van der Waals surface area contributed by atoms with E-state index >= 15 is 0 Å². The molecule has 11 heavy (non-hydrogen) atoms. The minimum atomic E-state index is -0.426. The molecular weight excluding hydrogens is 162 g/mol. The molecule has 0 bridgehead atoms. The Bertz CT molecular complexity index is 257. The van der Waals surface area contributed by atoms with Crippen LogP contribution in [0.2, 0.25) is 0 Å². The predicted octanol–water partition coefficient (Wildman–Crippen LogP) is 0.512. The zero-order valence-corrected chi connectivity index (χ0v) is 6.94. The van der Waals surface area contributed by atoms with Crippen molar-refractivity contribution in [3.8, 4) is 6.19 Å². The SMILES string of the molecule is CC(=O)[N+]1(C#N)CCSC1=N. The van der Waals surface area contributed by atoms with Crippen LogP contribution in [-0.2, 0) is 4.79 Å². The number of rotatable bonds is 0. The van der Waals surface area contributed by atoms with Crippen LogP contribution < -0.4 is 0 Å². The molecule has 0 saturated carbocycles. The van der Waals surface area contributed by atoms with E-state index in [0.29, 0.717) is 12.3 Å². The van der Waals surface area contributed by atoms with E-state index in [1.54, 1.807) is 0 Å². The van der Waals surface area contributed by atoms with Crippen LogP contribution in [0.25, 0.3) is 0 Å². The minimum absolute atomic E-state index is 0.153. The molecule has 1 N–H and O–H groups in total. The molecule has 0 aromatic rings. The van der Waals surface area contributed by atoms with E-state index in [-0.39, 0.29) is 11.1 Å². The smallest absolute Gasteiger partial charge is 0.243 e. The third-order valence-electron chi connectivity index (χ3n) is 1.72. The molecule has 0 aliphatic carbocycles. The summed E-state index contributed by atoms with van der Waals surface area (Å²) in [5.74, 6) is 0.425. The maximum absolute atomic E-state index is 11.0. The third-order valence-corrected chi connectivity index (χ3v) is 2.69. The van der Waals surface area contributed by atoms with Gasteiger partial charge in [0, 0.05) is 0 Å². The van der Waals surface area contributed by atoms with Gasteiger partial charge in [-0.3, -0.25) is 0 Å². The van der Waals surface area contributed by atoms with Gasteiger partial charge in [-0.25, -0.2) is 10.2 Å². The Hall–Kier alpha value is -0.860. The summed E-state index contributed by atoms with van der Waals surface area (Å²) >= 11 is 1.27. The summed E-state index contributed by atoms with van der Waals surface area (Å²) in [6.45, 7) is 1.79. The van der Waals surface area contributed by atoms with E-state index in [1.165, 1.54) is 18.7 Å². The number of nitrogens with one attached hydrogen (secondary N) is 1. The summed E-state index contributed by atoms with van der Waals surface area (Å²) in [4.78, 5) is 11.0. The van der Waals surface area contributed by atoms with Crippen molar-refractivity contribution >= 4 is 22.8 Å². The molecule has 0 radical (unpaired) electrons. The zero-order chi connectivity index (χ0) is 8.48. The maximum atomic E-state index is 11.0. The molecule has 1 amide bonds. The van der Waals surface area contributed by atoms with Gasteiger partial charge in [0.15, 0.2) is 0 Å². The Balaban J connectivity index is 3.03. The number of amides is 1. The second-order valence-electron chi connectivity index (χ2n) is 2.31. The van der Waals surface area contributed by atoms with Gasteiger partial charge in [0.25, 0.3) is 5.17 Å². The van der Waals surface area contributed by atoms with E-state index in [9.17, 15) is 4.79 Å². The van der Waals surface area contributed by atoms with Gasteiger partial charge in [-0.1, -0.05) is 0 Å². The van der Waals surface area contributed by atoms with Gasteiger partial charge in [0.05, 0.1) is 12.7 Å². The van der Waals surface area contributed by atoms with E-state index in [1.807, 2.05) is 6.19 Å². The Morgan fingerprint density at radius 3 is 2.73 bits per heavy atom. The zero-order valence-electron chi connectivity index (χ0n) is 6.13. The first kappa shape index (κ1) is 8.24. The molecule has 1 heterocycles. The lowest BCUT2D eigenvalue weighted by Crippen LogP contribution is -2.47. The molecule has 58 valence electrons. The number of nitriles is 1. The van der Waals surface area contributed by atoms with E-state index < -0.39 is 4.48 Å². The van der Waals surface area contributed by atoms with Gasteiger partial charge >= 0.3 is 12.1 Å². The van der Waals surface area contributed by atoms with Crippen molar-refractivity contribution in [1.29, 1.82) is 10.7 Å². The number of carbonyl (C=O) groups is 1. The number of amidine groups is 1. The highest BCUT2D eigenvalue weighted by atomic mass is 32.2. The number of nitrogens with zero attached hydrogens (tertiary/aromatic N) is 2. The van der Waals surface area contributed by atoms with E-state index in [2.05, 4.69) is 0 Å². The first-order valence-electron chi connectivity index (χ1n) is 3.16. The Labute approximate surface area is 68.9 Å². The van der Waals surface area contributed by atoms with Crippen LogP contribution in [0.4, 0.5) is 0 Å². The van der Waals surface area contributed by atoms with Crippen LogP contribution in [0.3, 0.4) is 0 Å².